The summed E-state index contributed by atoms with van der Waals surface area (Å²) in [6.07, 6.45) is -2.69. The lowest BCUT2D eigenvalue weighted by Gasteiger charge is -2.41. The molecule has 6 atom stereocenters. The molecule has 2 saturated heterocycles. The smallest absolute Gasteiger partial charge is 0.403 e. The van der Waals surface area contributed by atoms with Gasteiger partial charge in [-0.05, 0) is 46.2 Å². The number of nitrogens with one attached hydrogen (secondary N) is 3. The van der Waals surface area contributed by atoms with Crippen molar-refractivity contribution in [1.82, 2.24) is 25.8 Å². The Hall–Kier alpha value is -2.57. The summed E-state index contributed by atoms with van der Waals surface area (Å²) in [6, 6.07) is 2.37. The molecule has 2 fully saturated rings. The van der Waals surface area contributed by atoms with E-state index >= 15 is 0 Å². The van der Waals surface area contributed by atoms with Gasteiger partial charge in [0.1, 0.15) is 23.9 Å². The standard InChI is InChI=1S/C26H36F3N5O4.ClH/c1-15(30-3)23(35)32-20-14-33(16(2)26(27,28)29)12-10-17-8-9-21(34(17)25(20)37)24(36)31-19-11-13-38-22-7-5-4-6-18(19)22;/h4-7,15-17,19-21,30H,8-14H2,1-3H3,(H,31,36)(H,32,35);1H/t15-,16-,17+,19+,20-,21-;/m0./s1. The first kappa shape index (κ1) is 31.0. The number of ether oxygens (including phenoxy) is 1. The van der Waals surface area contributed by atoms with E-state index in [9.17, 15) is 27.6 Å². The van der Waals surface area contributed by atoms with E-state index in [4.69, 9.17) is 4.74 Å². The van der Waals surface area contributed by atoms with Crippen LogP contribution in [0.15, 0.2) is 24.3 Å². The molecule has 0 unspecified atom stereocenters. The van der Waals surface area contributed by atoms with Crippen molar-refractivity contribution in [2.75, 3.05) is 26.7 Å². The number of fused-ring (bicyclic) bond motifs is 2. The predicted molar refractivity (Wildman–Crippen MR) is 141 cm³/mol. The zero-order valence-electron chi connectivity index (χ0n) is 22.3. The number of nitrogens with zero attached hydrogens (tertiary/aromatic N) is 2. The number of carbonyl (C=O) groups is 3. The first-order chi connectivity index (χ1) is 18.0. The fraction of sp³-hybridized carbons (Fsp3) is 0.654. The van der Waals surface area contributed by atoms with Crippen molar-refractivity contribution in [3.05, 3.63) is 29.8 Å². The molecule has 3 aliphatic rings. The highest BCUT2D eigenvalue weighted by Crippen LogP contribution is 2.34. The molecule has 1 aromatic rings. The van der Waals surface area contributed by atoms with Crippen LogP contribution in [0.4, 0.5) is 13.2 Å². The minimum atomic E-state index is -4.48. The summed E-state index contributed by atoms with van der Waals surface area (Å²) in [5.74, 6) is -0.634. The quantitative estimate of drug-likeness (QED) is 0.480. The Bertz CT molecular complexity index is 1050. The zero-order chi connectivity index (χ0) is 27.6. The maximum atomic E-state index is 13.8. The van der Waals surface area contributed by atoms with E-state index in [1.807, 2.05) is 24.3 Å². The number of rotatable bonds is 6. The van der Waals surface area contributed by atoms with Crippen LogP contribution in [0, 0.1) is 0 Å². The van der Waals surface area contributed by atoms with Gasteiger partial charge in [0.05, 0.1) is 18.7 Å². The molecule has 3 heterocycles. The van der Waals surface area contributed by atoms with Crippen LogP contribution in [0.1, 0.15) is 51.1 Å². The number of amides is 3. The second-order valence-electron chi connectivity index (χ2n) is 10.3. The number of alkyl halides is 3. The van der Waals surface area contributed by atoms with Gasteiger partial charge in [0.2, 0.25) is 17.7 Å². The van der Waals surface area contributed by atoms with Gasteiger partial charge in [-0.25, -0.2) is 0 Å². The van der Waals surface area contributed by atoms with Gasteiger partial charge in [-0.1, -0.05) is 18.2 Å². The fourth-order valence-electron chi connectivity index (χ4n) is 5.51. The summed E-state index contributed by atoms with van der Waals surface area (Å²) in [7, 11) is 1.58. The van der Waals surface area contributed by atoms with Crippen molar-refractivity contribution >= 4 is 30.1 Å². The third kappa shape index (κ3) is 6.78. The topological polar surface area (TPSA) is 103 Å². The van der Waals surface area contributed by atoms with E-state index in [1.54, 1.807) is 14.0 Å². The summed E-state index contributed by atoms with van der Waals surface area (Å²) in [4.78, 5) is 42.7. The van der Waals surface area contributed by atoms with Crippen molar-refractivity contribution in [3.8, 4) is 5.75 Å². The van der Waals surface area contributed by atoms with Crippen LogP contribution in [0.5, 0.6) is 5.75 Å². The van der Waals surface area contributed by atoms with Gasteiger partial charge >= 0.3 is 6.18 Å². The normalized spacial score (nSPS) is 27.0. The van der Waals surface area contributed by atoms with Crippen LogP contribution in [-0.2, 0) is 14.4 Å². The summed E-state index contributed by atoms with van der Waals surface area (Å²) >= 11 is 0. The SMILES string of the molecule is CN[C@@H](C)C(=O)N[C@H]1CN([C@@H](C)C(F)(F)F)CC[C@H]2CC[C@@H](C(=O)N[C@@H]3CCOc4ccccc43)N2C1=O.Cl. The lowest BCUT2D eigenvalue weighted by atomic mass is 10.00. The molecule has 3 amide bonds. The van der Waals surface area contributed by atoms with Crippen molar-refractivity contribution < 1.29 is 32.3 Å². The Labute approximate surface area is 232 Å². The molecule has 3 aliphatic heterocycles. The van der Waals surface area contributed by atoms with E-state index in [1.165, 1.54) is 9.80 Å². The maximum Gasteiger partial charge on any atom is 0.403 e. The molecule has 9 nitrogen and oxygen atoms in total. The molecular weight excluding hydrogens is 539 g/mol. The molecule has 218 valence electrons. The third-order valence-corrected chi connectivity index (χ3v) is 7.96. The van der Waals surface area contributed by atoms with Gasteiger partial charge < -0.3 is 25.6 Å². The summed E-state index contributed by atoms with van der Waals surface area (Å²) in [5, 5.41) is 8.48. The molecule has 3 N–H and O–H groups in total. The summed E-state index contributed by atoms with van der Waals surface area (Å²) < 4.78 is 46.5. The number of carbonyl (C=O) groups excluding carboxylic acids is 3. The van der Waals surface area contributed by atoms with Gasteiger partial charge in [-0.15, -0.1) is 12.4 Å². The first-order valence-electron chi connectivity index (χ1n) is 13.1. The second-order valence-corrected chi connectivity index (χ2v) is 10.3. The van der Waals surface area contributed by atoms with Crippen LogP contribution in [0.3, 0.4) is 0 Å². The van der Waals surface area contributed by atoms with Crippen LogP contribution in [0.2, 0.25) is 0 Å². The van der Waals surface area contributed by atoms with E-state index in [0.717, 1.165) is 12.5 Å². The largest absolute Gasteiger partial charge is 0.493 e. The molecule has 0 spiro atoms. The molecular formula is C26H37ClF3N5O4. The minimum Gasteiger partial charge on any atom is -0.493 e. The van der Waals surface area contributed by atoms with E-state index in [-0.39, 0.29) is 37.4 Å². The molecule has 0 saturated carbocycles. The molecule has 0 radical (unpaired) electrons. The number of hydrogen-bond donors (Lipinski definition) is 3. The lowest BCUT2D eigenvalue weighted by Crippen LogP contribution is -2.63. The Morgan fingerprint density at radius 2 is 1.77 bits per heavy atom. The highest BCUT2D eigenvalue weighted by Gasteiger charge is 2.48. The Kier molecular flexibility index (Phi) is 10.1. The number of halogens is 4. The van der Waals surface area contributed by atoms with Crippen molar-refractivity contribution in [1.29, 1.82) is 0 Å². The van der Waals surface area contributed by atoms with Crippen molar-refractivity contribution in [3.63, 3.8) is 0 Å². The maximum absolute atomic E-state index is 13.8. The third-order valence-electron chi connectivity index (χ3n) is 7.96. The molecule has 0 aromatic heterocycles. The number of hydrogen-bond acceptors (Lipinski definition) is 6. The molecule has 39 heavy (non-hydrogen) atoms. The molecule has 13 heteroatoms. The van der Waals surface area contributed by atoms with Gasteiger partial charge in [-0.2, -0.15) is 13.2 Å². The second kappa shape index (κ2) is 12.7. The van der Waals surface area contributed by atoms with Crippen LogP contribution in [-0.4, -0.2) is 90.7 Å². The lowest BCUT2D eigenvalue weighted by molar-refractivity contribution is -0.182. The Morgan fingerprint density at radius 1 is 1.05 bits per heavy atom. The highest BCUT2D eigenvalue weighted by atomic mass is 35.5. The minimum absolute atomic E-state index is 0. The van der Waals surface area contributed by atoms with Crippen molar-refractivity contribution in [2.45, 2.75) is 82.0 Å². The van der Waals surface area contributed by atoms with Gasteiger partial charge in [-0.3, -0.25) is 19.3 Å². The van der Waals surface area contributed by atoms with Crippen molar-refractivity contribution in [2.24, 2.45) is 0 Å². The highest BCUT2D eigenvalue weighted by molar-refractivity contribution is 5.94. The van der Waals surface area contributed by atoms with Crippen LogP contribution in [0.25, 0.3) is 0 Å². The van der Waals surface area contributed by atoms with Gasteiger partial charge in [0.25, 0.3) is 0 Å². The van der Waals surface area contributed by atoms with Gasteiger partial charge in [0.15, 0.2) is 0 Å². The van der Waals surface area contributed by atoms with E-state index in [2.05, 4.69) is 16.0 Å². The van der Waals surface area contributed by atoms with E-state index in [0.29, 0.717) is 38.0 Å². The molecule has 4 rings (SSSR count). The fourth-order valence-corrected chi connectivity index (χ4v) is 5.51. The number of para-hydroxylation sites is 1. The monoisotopic (exact) mass is 575 g/mol. The molecule has 0 bridgehead atoms. The Balaban J connectivity index is 0.00000420. The molecule has 0 aliphatic carbocycles. The summed E-state index contributed by atoms with van der Waals surface area (Å²) in [6.45, 7) is 2.90. The van der Waals surface area contributed by atoms with E-state index < -0.39 is 48.2 Å². The number of likely N-dealkylation sites (N-methyl/N-ethyl adjacent to an activating group) is 1. The summed E-state index contributed by atoms with van der Waals surface area (Å²) in [5.41, 5.74) is 0.864. The average Bonchev–Trinajstić information content (AvgIpc) is 3.31. The van der Waals surface area contributed by atoms with Crippen LogP contribution >= 0.6 is 12.4 Å². The number of benzene rings is 1. The van der Waals surface area contributed by atoms with Gasteiger partial charge in [0, 0.05) is 31.1 Å². The van der Waals surface area contributed by atoms with Crippen LogP contribution < -0.4 is 20.7 Å². The Morgan fingerprint density at radius 3 is 2.46 bits per heavy atom. The predicted octanol–water partition coefficient (Wildman–Crippen LogP) is 2.16. The first-order valence-corrected chi connectivity index (χ1v) is 13.1. The average molecular weight is 576 g/mol. The zero-order valence-corrected chi connectivity index (χ0v) is 23.1. The molecule has 1 aromatic carbocycles.